The van der Waals surface area contributed by atoms with Gasteiger partial charge in [0.25, 0.3) is 0 Å². The number of thiophene rings is 1. The summed E-state index contributed by atoms with van der Waals surface area (Å²) in [6, 6.07) is 4.24. The number of rotatable bonds is 4. The van der Waals surface area contributed by atoms with Crippen LogP contribution in [0, 0.1) is 11.8 Å². The van der Waals surface area contributed by atoms with Gasteiger partial charge in [-0.2, -0.15) is 0 Å². The van der Waals surface area contributed by atoms with E-state index >= 15 is 0 Å². The first kappa shape index (κ1) is 13.1. The van der Waals surface area contributed by atoms with Crippen molar-refractivity contribution in [3.05, 3.63) is 22.4 Å². The summed E-state index contributed by atoms with van der Waals surface area (Å²) in [7, 11) is 0. The van der Waals surface area contributed by atoms with E-state index in [9.17, 15) is 5.11 Å². The highest BCUT2D eigenvalue weighted by atomic mass is 32.1. The minimum atomic E-state index is -0.0678. The number of hydrogen-bond acceptors (Lipinski definition) is 3. The van der Waals surface area contributed by atoms with E-state index in [2.05, 4.69) is 36.7 Å². The fourth-order valence-electron chi connectivity index (χ4n) is 2.93. The molecule has 0 radical (unpaired) electrons. The molecule has 1 aromatic rings. The van der Waals surface area contributed by atoms with Crippen molar-refractivity contribution < 1.29 is 5.11 Å². The van der Waals surface area contributed by atoms with Crippen molar-refractivity contribution >= 4 is 11.3 Å². The van der Waals surface area contributed by atoms with Crippen molar-refractivity contribution in [1.82, 2.24) is 5.32 Å². The lowest BCUT2D eigenvalue weighted by Gasteiger charge is -2.44. The highest BCUT2D eigenvalue weighted by Gasteiger charge is 2.39. The first-order valence-corrected chi connectivity index (χ1v) is 7.42. The van der Waals surface area contributed by atoms with E-state index < -0.39 is 0 Å². The summed E-state index contributed by atoms with van der Waals surface area (Å²) in [5.41, 5.74) is -0.0678. The molecule has 96 valence electrons. The molecule has 3 atom stereocenters. The summed E-state index contributed by atoms with van der Waals surface area (Å²) in [6.07, 6.45) is 3.61. The molecule has 0 bridgehead atoms. The van der Waals surface area contributed by atoms with Gasteiger partial charge in [-0.25, -0.2) is 0 Å². The predicted octanol–water partition coefficient (Wildman–Crippen LogP) is 3.02. The van der Waals surface area contributed by atoms with Crippen LogP contribution in [0.5, 0.6) is 0 Å². The number of hydrogen-bond donors (Lipinski definition) is 2. The van der Waals surface area contributed by atoms with Crippen molar-refractivity contribution in [1.29, 1.82) is 0 Å². The molecule has 1 aromatic heterocycles. The summed E-state index contributed by atoms with van der Waals surface area (Å²) in [5.74, 6) is 1.28. The normalized spacial score (nSPS) is 33.8. The van der Waals surface area contributed by atoms with E-state index in [0.717, 1.165) is 13.0 Å². The first-order valence-electron chi connectivity index (χ1n) is 6.54. The second kappa shape index (κ2) is 5.51. The largest absolute Gasteiger partial charge is 0.394 e. The maximum atomic E-state index is 9.80. The maximum absolute atomic E-state index is 9.80. The van der Waals surface area contributed by atoms with E-state index in [-0.39, 0.29) is 12.1 Å². The monoisotopic (exact) mass is 253 g/mol. The molecule has 0 saturated heterocycles. The molecule has 0 aliphatic heterocycles. The van der Waals surface area contributed by atoms with Crippen LogP contribution in [-0.4, -0.2) is 17.3 Å². The lowest BCUT2D eigenvalue weighted by atomic mass is 9.70. The quantitative estimate of drug-likeness (QED) is 0.864. The number of aliphatic hydroxyl groups is 1. The summed E-state index contributed by atoms with van der Waals surface area (Å²) in [6.45, 7) is 5.70. The van der Waals surface area contributed by atoms with Crippen LogP contribution in [0.4, 0.5) is 0 Å². The molecule has 1 aliphatic carbocycles. The highest BCUT2D eigenvalue weighted by molar-refractivity contribution is 7.09. The molecule has 1 saturated carbocycles. The minimum absolute atomic E-state index is 0.0678. The number of aliphatic hydroxyl groups excluding tert-OH is 1. The van der Waals surface area contributed by atoms with E-state index in [1.165, 1.54) is 17.7 Å². The smallest absolute Gasteiger partial charge is 0.0616 e. The zero-order valence-corrected chi connectivity index (χ0v) is 11.6. The molecular formula is C14H23NOS. The second-order valence-electron chi connectivity index (χ2n) is 5.53. The topological polar surface area (TPSA) is 32.3 Å². The van der Waals surface area contributed by atoms with Gasteiger partial charge in [0.2, 0.25) is 0 Å². The van der Waals surface area contributed by atoms with E-state index in [0.29, 0.717) is 11.8 Å². The Balaban J connectivity index is 2.02. The third-order valence-corrected chi connectivity index (χ3v) is 5.10. The van der Waals surface area contributed by atoms with Gasteiger partial charge in [0, 0.05) is 17.0 Å². The highest BCUT2D eigenvalue weighted by Crippen LogP contribution is 2.36. The third-order valence-electron chi connectivity index (χ3n) is 4.23. The summed E-state index contributed by atoms with van der Waals surface area (Å²) in [4.78, 5) is 1.35. The Labute approximate surface area is 108 Å². The van der Waals surface area contributed by atoms with Crippen molar-refractivity contribution in [3.63, 3.8) is 0 Å². The average molecular weight is 253 g/mol. The van der Waals surface area contributed by atoms with Crippen LogP contribution in [0.25, 0.3) is 0 Å². The van der Waals surface area contributed by atoms with E-state index in [1.807, 2.05) is 0 Å². The average Bonchev–Trinajstić information content (AvgIpc) is 2.84. The van der Waals surface area contributed by atoms with E-state index in [4.69, 9.17) is 0 Å². The molecule has 1 fully saturated rings. The van der Waals surface area contributed by atoms with Crippen LogP contribution in [0.3, 0.4) is 0 Å². The Morgan fingerprint density at radius 1 is 1.47 bits per heavy atom. The first-order chi connectivity index (χ1) is 8.16. The Hall–Kier alpha value is -0.380. The van der Waals surface area contributed by atoms with Crippen molar-refractivity contribution in [2.24, 2.45) is 11.8 Å². The van der Waals surface area contributed by atoms with Crippen LogP contribution in [0.15, 0.2) is 17.5 Å². The third kappa shape index (κ3) is 2.90. The zero-order chi connectivity index (χ0) is 12.3. The van der Waals surface area contributed by atoms with Gasteiger partial charge in [0.15, 0.2) is 0 Å². The predicted molar refractivity (Wildman–Crippen MR) is 73.2 cm³/mol. The molecule has 17 heavy (non-hydrogen) atoms. The molecule has 2 nitrogen and oxygen atoms in total. The van der Waals surface area contributed by atoms with Crippen LogP contribution < -0.4 is 5.32 Å². The van der Waals surface area contributed by atoms with Crippen molar-refractivity contribution in [2.45, 2.75) is 45.2 Å². The van der Waals surface area contributed by atoms with Crippen LogP contribution in [0.1, 0.15) is 38.0 Å². The number of nitrogens with one attached hydrogen (secondary N) is 1. The summed E-state index contributed by atoms with van der Waals surface area (Å²) >= 11 is 1.78. The van der Waals surface area contributed by atoms with Crippen LogP contribution in [-0.2, 0) is 6.54 Å². The molecule has 1 heterocycles. The fourth-order valence-corrected chi connectivity index (χ4v) is 3.58. The van der Waals surface area contributed by atoms with Gasteiger partial charge in [-0.05, 0) is 36.1 Å². The van der Waals surface area contributed by atoms with Gasteiger partial charge < -0.3 is 10.4 Å². The van der Waals surface area contributed by atoms with Crippen molar-refractivity contribution in [2.75, 3.05) is 6.61 Å². The molecule has 0 aromatic carbocycles. The van der Waals surface area contributed by atoms with Crippen molar-refractivity contribution in [3.8, 4) is 0 Å². The molecule has 0 amide bonds. The summed E-state index contributed by atoms with van der Waals surface area (Å²) in [5, 5.41) is 15.5. The SMILES string of the molecule is CC1CCC(C)C(CO)(NCc2cccs2)C1. The van der Waals surface area contributed by atoms with Crippen LogP contribution >= 0.6 is 11.3 Å². The maximum Gasteiger partial charge on any atom is 0.0616 e. The molecule has 2 N–H and O–H groups in total. The minimum Gasteiger partial charge on any atom is -0.394 e. The molecule has 2 rings (SSSR count). The lowest BCUT2D eigenvalue weighted by molar-refractivity contribution is 0.0528. The Kier molecular flexibility index (Phi) is 4.23. The zero-order valence-electron chi connectivity index (χ0n) is 10.8. The Bertz CT molecular complexity index is 338. The molecule has 3 unspecified atom stereocenters. The standard InChI is InChI=1S/C14H23NOS/c1-11-5-6-12(2)14(8-11,10-16)15-9-13-4-3-7-17-13/h3-4,7,11-12,15-16H,5-6,8-10H2,1-2H3. The van der Waals surface area contributed by atoms with Gasteiger partial charge in [0.05, 0.1) is 6.61 Å². The lowest BCUT2D eigenvalue weighted by Crippen LogP contribution is -2.56. The second-order valence-corrected chi connectivity index (χ2v) is 6.57. The Morgan fingerprint density at radius 3 is 2.94 bits per heavy atom. The van der Waals surface area contributed by atoms with Gasteiger partial charge in [0.1, 0.15) is 0 Å². The molecule has 1 aliphatic rings. The Morgan fingerprint density at radius 2 is 2.29 bits per heavy atom. The molecule has 0 spiro atoms. The van der Waals surface area contributed by atoms with E-state index in [1.54, 1.807) is 11.3 Å². The fraction of sp³-hybridized carbons (Fsp3) is 0.714. The molecular weight excluding hydrogens is 230 g/mol. The van der Waals surface area contributed by atoms with Crippen LogP contribution in [0.2, 0.25) is 0 Å². The molecule has 3 heteroatoms. The summed E-state index contributed by atoms with van der Waals surface area (Å²) < 4.78 is 0. The van der Waals surface area contributed by atoms with Gasteiger partial charge >= 0.3 is 0 Å². The van der Waals surface area contributed by atoms with Gasteiger partial charge in [-0.1, -0.05) is 26.3 Å². The van der Waals surface area contributed by atoms with Gasteiger partial charge in [-0.15, -0.1) is 11.3 Å². The van der Waals surface area contributed by atoms with Gasteiger partial charge in [-0.3, -0.25) is 0 Å².